The van der Waals surface area contributed by atoms with Gasteiger partial charge in [0, 0.05) is 31.7 Å². The number of carbonyl (C=O) groups excluding carboxylic acids is 2. The summed E-state index contributed by atoms with van der Waals surface area (Å²) in [7, 11) is 3.48. The zero-order valence-electron chi connectivity index (χ0n) is 18.8. The molecule has 0 fully saturated rings. The Labute approximate surface area is 187 Å². The number of imidazole rings is 1. The van der Waals surface area contributed by atoms with E-state index in [-0.39, 0.29) is 17.2 Å². The molecule has 1 unspecified atom stereocenters. The van der Waals surface area contributed by atoms with Crippen LogP contribution in [0.2, 0.25) is 5.02 Å². The lowest BCUT2D eigenvalue weighted by Gasteiger charge is -2.30. The number of halogens is 2. The fourth-order valence-electron chi connectivity index (χ4n) is 3.72. The van der Waals surface area contributed by atoms with Gasteiger partial charge in [-0.2, -0.15) is 0 Å². The molecule has 2 aromatic rings. The van der Waals surface area contributed by atoms with Crippen LogP contribution in [0.4, 0.5) is 4.39 Å². The average Bonchev–Trinajstić information content (AvgIpc) is 3.05. The Morgan fingerprint density at radius 2 is 1.94 bits per heavy atom. The van der Waals surface area contributed by atoms with Gasteiger partial charge in [-0.15, -0.1) is 0 Å². The number of amides is 2. The Hall–Kier alpha value is -2.45. The molecule has 0 saturated carbocycles. The van der Waals surface area contributed by atoms with E-state index in [2.05, 4.69) is 20.5 Å². The van der Waals surface area contributed by atoms with Crippen LogP contribution in [0.5, 0.6) is 0 Å². The van der Waals surface area contributed by atoms with Crippen LogP contribution in [0.15, 0.2) is 12.1 Å². The lowest BCUT2D eigenvalue weighted by atomic mass is 9.86. The molecule has 9 heteroatoms. The summed E-state index contributed by atoms with van der Waals surface area (Å²) in [4.78, 5) is 32.2. The number of hydrogen-bond acceptors (Lipinski definition) is 4. The minimum atomic E-state index is -0.752. The molecule has 31 heavy (non-hydrogen) atoms. The largest absolute Gasteiger partial charge is 0.357 e. The van der Waals surface area contributed by atoms with E-state index >= 15 is 0 Å². The average molecular weight is 450 g/mol. The van der Waals surface area contributed by atoms with Crippen LogP contribution in [0.3, 0.4) is 0 Å². The van der Waals surface area contributed by atoms with Crippen molar-refractivity contribution in [2.75, 3.05) is 20.6 Å². The number of benzene rings is 1. The van der Waals surface area contributed by atoms with Gasteiger partial charge in [-0.05, 0) is 37.1 Å². The maximum absolute atomic E-state index is 14.8. The summed E-state index contributed by atoms with van der Waals surface area (Å²) in [5.41, 5.74) is 1.24. The highest BCUT2D eigenvalue weighted by atomic mass is 35.5. The van der Waals surface area contributed by atoms with E-state index in [1.807, 2.05) is 32.4 Å². The highest BCUT2D eigenvalue weighted by molar-refractivity contribution is 6.31. The SMILES string of the molecule is CNC(=O)C(NC(=O)c1nc(-c2cc(Cl)c(C)cc2F)n2c1CN(C)CC2)C(C)(C)C. The predicted molar refractivity (Wildman–Crippen MR) is 118 cm³/mol. The maximum Gasteiger partial charge on any atom is 0.272 e. The van der Waals surface area contributed by atoms with E-state index in [0.29, 0.717) is 35.2 Å². The molecule has 1 atom stereocenters. The maximum atomic E-state index is 14.8. The third-order valence-electron chi connectivity index (χ3n) is 5.55. The molecule has 2 heterocycles. The van der Waals surface area contributed by atoms with Crippen molar-refractivity contribution in [1.29, 1.82) is 0 Å². The van der Waals surface area contributed by atoms with Gasteiger partial charge in [0.25, 0.3) is 5.91 Å². The molecule has 1 aliphatic heterocycles. The Morgan fingerprint density at radius 3 is 2.55 bits per heavy atom. The second kappa shape index (κ2) is 8.59. The number of nitrogens with one attached hydrogen (secondary N) is 2. The predicted octanol–water partition coefficient (Wildman–Crippen LogP) is 2.99. The zero-order valence-corrected chi connectivity index (χ0v) is 19.5. The first-order chi connectivity index (χ1) is 14.4. The van der Waals surface area contributed by atoms with E-state index in [1.165, 1.54) is 13.1 Å². The Bertz CT molecular complexity index is 1030. The van der Waals surface area contributed by atoms with Crippen molar-refractivity contribution < 1.29 is 14.0 Å². The van der Waals surface area contributed by atoms with Crippen LogP contribution in [0, 0.1) is 18.2 Å². The van der Waals surface area contributed by atoms with Crippen LogP contribution in [0.1, 0.15) is 42.5 Å². The zero-order chi connectivity index (χ0) is 23.1. The van der Waals surface area contributed by atoms with Crippen LogP contribution < -0.4 is 10.6 Å². The van der Waals surface area contributed by atoms with Crippen LogP contribution in [-0.4, -0.2) is 52.9 Å². The smallest absolute Gasteiger partial charge is 0.272 e. The van der Waals surface area contributed by atoms with Gasteiger partial charge in [-0.25, -0.2) is 9.37 Å². The van der Waals surface area contributed by atoms with Crippen molar-refractivity contribution in [2.45, 2.75) is 46.8 Å². The number of aromatic nitrogens is 2. The molecule has 0 saturated heterocycles. The van der Waals surface area contributed by atoms with Gasteiger partial charge in [0.05, 0.1) is 11.3 Å². The first-order valence-corrected chi connectivity index (χ1v) is 10.6. The third kappa shape index (κ3) is 4.60. The number of fused-ring (bicyclic) bond motifs is 1. The molecule has 0 spiro atoms. The number of rotatable bonds is 4. The van der Waals surface area contributed by atoms with Gasteiger partial charge in [0.1, 0.15) is 17.7 Å². The molecule has 0 aliphatic carbocycles. The topological polar surface area (TPSA) is 79.3 Å². The second-order valence-corrected chi connectivity index (χ2v) is 9.50. The summed E-state index contributed by atoms with van der Waals surface area (Å²) >= 11 is 6.25. The Morgan fingerprint density at radius 1 is 1.26 bits per heavy atom. The molecule has 1 aromatic heterocycles. The fourth-order valence-corrected chi connectivity index (χ4v) is 3.88. The van der Waals surface area contributed by atoms with Crippen LogP contribution in [0.25, 0.3) is 11.4 Å². The molecule has 3 rings (SSSR count). The molecular weight excluding hydrogens is 421 g/mol. The Kier molecular flexibility index (Phi) is 6.43. The van der Waals surface area contributed by atoms with Crippen LogP contribution >= 0.6 is 11.6 Å². The van der Waals surface area contributed by atoms with E-state index in [4.69, 9.17) is 11.6 Å². The summed E-state index contributed by atoms with van der Waals surface area (Å²) in [6, 6.07) is 2.16. The highest BCUT2D eigenvalue weighted by Gasteiger charge is 2.35. The highest BCUT2D eigenvalue weighted by Crippen LogP contribution is 2.31. The molecule has 0 bridgehead atoms. The van der Waals surface area contributed by atoms with Crippen molar-refractivity contribution in [3.8, 4) is 11.4 Å². The summed E-state index contributed by atoms with van der Waals surface area (Å²) < 4.78 is 16.7. The normalized spacial score (nSPS) is 15.4. The van der Waals surface area contributed by atoms with Crippen molar-refractivity contribution in [3.63, 3.8) is 0 Å². The first-order valence-electron chi connectivity index (χ1n) is 10.2. The first kappa shape index (κ1) is 23.2. The molecule has 2 N–H and O–H groups in total. The molecular formula is C22H29ClFN5O2. The molecule has 1 aliphatic rings. The third-order valence-corrected chi connectivity index (χ3v) is 5.96. The lowest BCUT2D eigenvalue weighted by Crippen LogP contribution is -2.53. The van der Waals surface area contributed by atoms with Crippen LogP contribution in [-0.2, 0) is 17.9 Å². The minimum absolute atomic E-state index is 0.191. The fraction of sp³-hybridized carbons (Fsp3) is 0.500. The standard InChI is InChI=1S/C22H29ClFN5O2/c1-12-9-15(24)13(10-14(12)23)19-26-17(16-11-28(6)7-8-29(16)19)20(30)27-18(21(31)25-5)22(2,3)4/h9-10,18H,7-8,11H2,1-6H3,(H,25,31)(H,27,30). The number of carbonyl (C=O) groups is 2. The Balaban J connectivity index is 2.08. The van der Waals surface area contributed by atoms with Gasteiger partial charge >= 0.3 is 0 Å². The van der Waals surface area contributed by atoms with E-state index < -0.39 is 23.2 Å². The van der Waals surface area contributed by atoms with E-state index in [1.54, 1.807) is 13.0 Å². The van der Waals surface area contributed by atoms with Gasteiger partial charge in [-0.3, -0.25) is 14.5 Å². The molecule has 1 aromatic carbocycles. The summed E-state index contributed by atoms with van der Waals surface area (Å²) in [6.07, 6.45) is 0. The molecule has 0 radical (unpaired) electrons. The summed E-state index contributed by atoms with van der Waals surface area (Å²) in [6.45, 7) is 9.13. The summed E-state index contributed by atoms with van der Waals surface area (Å²) in [5, 5.41) is 5.85. The monoisotopic (exact) mass is 449 g/mol. The summed E-state index contributed by atoms with van der Waals surface area (Å²) in [5.74, 6) is -0.839. The van der Waals surface area contributed by atoms with Crippen molar-refractivity contribution in [3.05, 3.63) is 39.9 Å². The second-order valence-electron chi connectivity index (χ2n) is 9.09. The number of aryl methyl sites for hydroxylation is 1. The number of nitrogens with zero attached hydrogens (tertiary/aromatic N) is 3. The lowest BCUT2D eigenvalue weighted by molar-refractivity contribution is -0.124. The van der Waals surface area contributed by atoms with E-state index in [0.717, 1.165) is 6.54 Å². The molecule has 2 amide bonds. The minimum Gasteiger partial charge on any atom is -0.357 e. The molecule has 7 nitrogen and oxygen atoms in total. The van der Waals surface area contributed by atoms with Crippen molar-refractivity contribution in [1.82, 2.24) is 25.1 Å². The van der Waals surface area contributed by atoms with E-state index in [9.17, 15) is 14.0 Å². The van der Waals surface area contributed by atoms with Crippen molar-refractivity contribution >= 4 is 23.4 Å². The number of likely N-dealkylation sites (N-methyl/N-ethyl adjacent to an activating group) is 2. The van der Waals surface area contributed by atoms with Gasteiger partial charge in [0.15, 0.2) is 5.69 Å². The van der Waals surface area contributed by atoms with Crippen molar-refractivity contribution in [2.24, 2.45) is 5.41 Å². The van der Waals surface area contributed by atoms with Gasteiger partial charge in [-0.1, -0.05) is 32.4 Å². The van der Waals surface area contributed by atoms with Gasteiger partial charge in [0.2, 0.25) is 5.91 Å². The quantitative estimate of drug-likeness (QED) is 0.752. The molecule has 168 valence electrons. The number of hydrogen-bond donors (Lipinski definition) is 2. The van der Waals surface area contributed by atoms with Gasteiger partial charge < -0.3 is 15.2 Å².